The molecule has 0 bridgehead atoms. The van der Waals surface area contributed by atoms with Crippen molar-refractivity contribution in [1.29, 1.82) is 0 Å². The molecule has 2 aromatic rings. The van der Waals surface area contributed by atoms with Crippen molar-refractivity contribution in [3.63, 3.8) is 0 Å². The molecule has 0 saturated carbocycles. The third-order valence-corrected chi connectivity index (χ3v) is 3.95. The van der Waals surface area contributed by atoms with E-state index >= 15 is 0 Å². The number of hydrogen-bond acceptors (Lipinski definition) is 4. The first-order valence-electron chi connectivity index (χ1n) is 9.42. The molecular weight excluding hydrogens is 352 g/mol. The van der Waals surface area contributed by atoms with Crippen LogP contribution in [-0.4, -0.2) is 24.2 Å². The molecule has 28 heavy (non-hydrogen) atoms. The summed E-state index contributed by atoms with van der Waals surface area (Å²) in [4.78, 5) is 23.3. The van der Waals surface area contributed by atoms with Crippen molar-refractivity contribution in [2.24, 2.45) is 10.2 Å². The highest BCUT2D eigenvalue weighted by Crippen LogP contribution is 2.01. The van der Waals surface area contributed by atoms with E-state index in [4.69, 9.17) is 0 Å². The summed E-state index contributed by atoms with van der Waals surface area (Å²) in [6.07, 6.45) is 6.69. The van der Waals surface area contributed by atoms with Gasteiger partial charge in [0.05, 0.1) is 0 Å². The zero-order chi connectivity index (χ0) is 19.9. The number of nitrogens with zero attached hydrogens (tertiary/aromatic N) is 2. The van der Waals surface area contributed by atoms with E-state index in [-0.39, 0.29) is 24.7 Å². The summed E-state index contributed by atoms with van der Waals surface area (Å²) in [7, 11) is 0. The number of amides is 2. The Morgan fingerprint density at radius 1 is 0.679 bits per heavy atom. The highest BCUT2D eigenvalue weighted by atomic mass is 16.2. The normalized spacial score (nSPS) is 11.0. The largest absolute Gasteiger partial charge is 0.273 e. The molecule has 6 heteroatoms. The fraction of sp³-hybridized carbons (Fsp3) is 0.273. The highest BCUT2D eigenvalue weighted by molar-refractivity contribution is 5.84. The zero-order valence-electron chi connectivity index (χ0n) is 15.9. The van der Waals surface area contributed by atoms with Crippen LogP contribution in [-0.2, 0) is 22.4 Å². The fourth-order valence-corrected chi connectivity index (χ4v) is 2.46. The number of hydrazone groups is 2. The molecule has 2 rings (SSSR count). The van der Waals surface area contributed by atoms with E-state index in [0.717, 1.165) is 25.7 Å². The Kier molecular flexibility index (Phi) is 9.74. The number of rotatable bonds is 11. The van der Waals surface area contributed by atoms with Gasteiger partial charge >= 0.3 is 0 Å². The minimum Gasteiger partial charge on any atom is -0.273 e. The molecular formula is C22H26N4O2. The fourth-order valence-electron chi connectivity index (χ4n) is 2.46. The van der Waals surface area contributed by atoms with Crippen molar-refractivity contribution in [2.45, 2.75) is 38.5 Å². The maximum Gasteiger partial charge on any atom is 0.240 e. The second-order valence-corrected chi connectivity index (χ2v) is 6.24. The van der Waals surface area contributed by atoms with Crippen LogP contribution >= 0.6 is 0 Å². The Labute approximate surface area is 165 Å². The number of carbonyl (C=O) groups is 2. The standard InChI is InChI=1S/C22H26N4O2/c27-21(25-23-17-7-13-19-9-3-1-4-10-19)15-16-22(28)26-24-18-8-14-20-11-5-2-6-12-20/h1-6,9-12,17-18H,7-8,13-16H2,(H,25,27)(H,26,28). The van der Waals surface area contributed by atoms with E-state index < -0.39 is 0 Å². The first-order chi connectivity index (χ1) is 13.7. The maximum atomic E-state index is 11.7. The van der Waals surface area contributed by atoms with Crippen molar-refractivity contribution in [1.82, 2.24) is 10.9 Å². The van der Waals surface area contributed by atoms with Gasteiger partial charge in [-0.1, -0.05) is 60.7 Å². The van der Waals surface area contributed by atoms with Gasteiger partial charge < -0.3 is 0 Å². The van der Waals surface area contributed by atoms with Crippen molar-refractivity contribution in [3.05, 3.63) is 71.8 Å². The minimum absolute atomic E-state index is 0.0708. The van der Waals surface area contributed by atoms with Gasteiger partial charge in [-0.2, -0.15) is 10.2 Å². The Morgan fingerprint density at radius 2 is 1.07 bits per heavy atom. The van der Waals surface area contributed by atoms with Crippen LogP contribution in [0, 0.1) is 0 Å². The average molecular weight is 378 g/mol. The Bertz CT molecular complexity index is 706. The Morgan fingerprint density at radius 3 is 1.46 bits per heavy atom. The lowest BCUT2D eigenvalue weighted by Gasteiger charge is -2.00. The second kappa shape index (κ2) is 13.0. The van der Waals surface area contributed by atoms with Gasteiger partial charge in [-0.15, -0.1) is 0 Å². The van der Waals surface area contributed by atoms with E-state index in [0.29, 0.717) is 0 Å². The van der Waals surface area contributed by atoms with Crippen LogP contribution in [0.1, 0.15) is 36.8 Å². The average Bonchev–Trinajstić information content (AvgIpc) is 2.73. The number of benzene rings is 2. The van der Waals surface area contributed by atoms with E-state index in [2.05, 4.69) is 45.3 Å². The minimum atomic E-state index is -0.292. The summed E-state index contributed by atoms with van der Waals surface area (Å²) in [5.74, 6) is -0.585. The number of aryl methyl sites for hydroxylation is 2. The molecule has 0 aromatic heterocycles. The van der Waals surface area contributed by atoms with Crippen LogP contribution in [0.2, 0.25) is 0 Å². The summed E-state index contributed by atoms with van der Waals surface area (Å²) in [5.41, 5.74) is 7.31. The lowest BCUT2D eigenvalue weighted by atomic mass is 10.1. The molecule has 0 aliphatic heterocycles. The molecule has 0 fully saturated rings. The second-order valence-electron chi connectivity index (χ2n) is 6.24. The molecule has 0 unspecified atom stereocenters. The number of nitrogens with one attached hydrogen (secondary N) is 2. The predicted octanol–water partition coefficient (Wildman–Crippen LogP) is 3.24. The summed E-state index contributed by atoms with van der Waals surface area (Å²) in [5, 5.41) is 7.79. The van der Waals surface area contributed by atoms with Gasteiger partial charge in [0.15, 0.2) is 0 Å². The molecule has 2 N–H and O–H groups in total. The van der Waals surface area contributed by atoms with Crippen LogP contribution in [0.15, 0.2) is 70.9 Å². The van der Waals surface area contributed by atoms with E-state index in [1.807, 2.05) is 36.4 Å². The molecule has 0 heterocycles. The van der Waals surface area contributed by atoms with Gasteiger partial charge in [0.2, 0.25) is 11.8 Å². The summed E-state index contributed by atoms with van der Waals surface area (Å²) >= 11 is 0. The molecule has 0 spiro atoms. The predicted molar refractivity (Wildman–Crippen MR) is 112 cm³/mol. The van der Waals surface area contributed by atoms with Gasteiger partial charge in [-0.3, -0.25) is 9.59 Å². The van der Waals surface area contributed by atoms with Crippen molar-refractivity contribution >= 4 is 24.2 Å². The van der Waals surface area contributed by atoms with Crippen LogP contribution in [0.25, 0.3) is 0 Å². The first kappa shape index (κ1) is 21.0. The lowest BCUT2D eigenvalue weighted by Crippen LogP contribution is -2.22. The van der Waals surface area contributed by atoms with Crippen LogP contribution in [0.4, 0.5) is 0 Å². The Balaban J connectivity index is 1.51. The molecule has 0 aliphatic carbocycles. The number of carbonyl (C=O) groups excluding carboxylic acids is 2. The SMILES string of the molecule is O=C(CCC(=O)NN=CCCc1ccccc1)NN=CCCc1ccccc1. The first-order valence-corrected chi connectivity index (χ1v) is 9.42. The van der Waals surface area contributed by atoms with Crippen LogP contribution < -0.4 is 10.9 Å². The van der Waals surface area contributed by atoms with Crippen molar-refractivity contribution < 1.29 is 9.59 Å². The summed E-state index contributed by atoms with van der Waals surface area (Å²) < 4.78 is 0. The van der Waals surface area contributed by atoms with Gasteiger partial charge in [0.1, 0.15) is 0 Å². The molecule has 2 aromatic carbocycles. The highest BCUT2D eigenvalue weighted by Gasteiger charge is 2.05. The molecule has 0 aliphatic rings. The maximum absolute atomic E-state index is 11.7. The molecule has 146 valence electrons. The Hall–Kier alpha value is -3.28. The summed E-state index contributed by atoms with van der Waals surface area (Å²) in [6, 6.07) is 20.1. The van der Waals surface area contributed by atoms with E-state index in [1.165, 1.54) is 11.1 Å². The molecule has 2 amide bonds. The van der Waals surface area contributed by atoms with E-state index in [9.17, 15) is 9.59 Å². The zero-order valence-corrected chi connectivity index (χ0v) is 15.9. The molecule has 0 atom stereocenters. The topological polar surface area (TPSA) is 82.9 Å². The van der Waals surface area contributed by atoms with Crippen molar-refractivity contribution in [3.8, 4) is 0 Å². The molecule has 6 nitrogen and oxygen atoms in total. The lowest BCUT2D eigenvalue weighted by molar-refractivity contribution is -0.126. The van der Waals surface area contributed by atoms with Gasteiger partial charge in [0.25, 0.3) is 0 Å². The van der Waals surface area contributed by atoms with Crippen LogP contribution in [0.3, 0.4) is 0 Å². The molecule has 0 radical (unpaired) electrons. The van der Waals surface area contributed by atoms with Crippen LogP contribution in [0.5, 0.6) is 0 Å². The summed E-state index contributed by atoms with van der Waals surface area (Å²) in [6.45, 7) is 0. The van der Waals surface area contributed by atoms with E-state index in [1.54, 1.807) is 12.4 Å². The van der Waals surface area contributed by atoms with Crippen molar-refractivity contribution in [2.75, 3.05) is 0 Å². The molecule has 0 saturated heterocycles. The van der Waals surface area contributed by atoms with Gasteiger partial charge in [-0.05, 0) is 36.8 Å². The third kappa shape index (κ3) is 9.43. The number of hydrogen-bond donors (Lipinski definition) is 2. The van der Waals surface area contributed by atoms with Gasteiger partial charge in [0, 0.05) is 25.3 Å². The quantitative estimate of drug-likeness (QED) is 0.465. The monoisotopic (exact) mass is 378 g/mol. The smallest absolute Gasteiger partial charge is 0.240 e. The van der Waals surface area contributed by atoms with Gasteiger partial charge in [-0.25, -0.2) is 10.9 Å². The third-order valence-electron chi connectivity index (χ3n) is 3.95.